The average Bonchev–Trinajstić information content (AvgIpc) is 2.71. The normalized spacial score (nSPS) is 34.6. The SMILES string of the molecule is COC1(C)CC2=C(C(F)(F)F)[C@@](C#N)(C(F)(F)F)CSC3(N21)C(C)(C)C(=O)C3(C)C. The molecule has 1 unspecified atom stereocenters. The summed E-state index contributed by atoms with van der Waals surface area (Å²) in [5.74, 6) is -1.46. The van der Waals surface area contributed by atoms with Crippen molar-refractivity contribution >= 4 is 17.5 Å². The van der Waals surface area contributed by atoms with Gasteiger partial charge in [-0.3, -0.25) is 4.79 Å². The first-order valence-electron chi connectivity index (χ1n) is 9.15. The molecule has 30 heavy (non-hydrogen) atoms. The summed E-state index contributed by atoms with van der Waals surface area (Å²) in [4.78, 5) is 12.6. The van der Waals surface area contributed by atoms with E-state index in [1.165, 1.54) is 46.6 Å². The number of rotatable bonds is 1. The van der Waals surface area contributed by atoms with Crippen LogP contribution in [0.2, 0.25) is 0 Å². The molecule has 1 spiro atoms. The van der Waals surface area contributed by atoms with E-state index in [0.717, 1.165) is 6.07 Å². The van der Waals surface area contributed by atoms with E-state index in [4.69, 9.17) is 4.74 Å². The zero-order valence-corrected chi connectivity index (χ0v) is 18.1. The van der Waals surface area contributed by atoms with Gasteiger partial charge in [0.05, 0.1) is 22.5 Å². The van der Waals surface area contributed by atoms with Crippen LogP contribution in [-0.4, -0.2) is 46.5 Å². The number of fused-ring (bicyclic) bond motifs is 2. The van der Waals surface area contributed by atoms with Crippen molar-refractivity contribution in [2.45, 2.75) is 64.0 Å². The molecule has 0 amide bonds. The quantitative estimate of drug-likeness (QED) is 0.519. The number of nitriles is 1. The molecular formula is C19H22F6N2O2S. The molecule has 3 aliphatic rings. The average molecular weight is 456 g/mol. The van der Waals surface area contributed by atoms with Crippen LogP contribution in [0.3, 0.4) is 0 Å². The number of ketones is 1. The molecule has 0 aromatic rings. The van der Waals surface area contributed by atoms with Crippen molar-refractivity contribution in [1.29, 1.82) is 5.26 Å². The van der Waals surface area contributed by atoms with Gasteiger partial charge >= 0.3 is 12.4 Å². The van der Waals surface area contributed by atoms with Crippen molar-refractivity contribution in [2.75, 3.05) is 12.9 Å². The topological polar surface area (TPSA) is 53.3 Å². The lowest BCUT2D eigenvalue weighted by Gasteiger charge is -2.74. The van der Waals surface area contributed by atoms with E-state index in [1.54, 1.807) is 0 Å². The maximum atomic E-state index is 14.1. The first-order valence-corrected chi connectivity index (χ1v) is 10.1. The molecular weight excluding hydrogens is 434 g/mol. The molecule has 168 valence electrons. The standard InChI is InChI=1S/C19H22F6N2O2S/c1-13(2)12(28)14(3,4)18(13)27-10(7-15(27,5)29-6)11(17(20,21)22)16(8-26,9-30-18)19(23,24)25/h7,9H2,1-6H3/t15?,16-/m0/s1. The van der Waals surface area contributed by atoms with E-state index >= 15 is 0 Å². The van der Waals surface area contributed by atoms with Crippen LogP contribution in [0.25, 0.3) is 0 Å². The minimum Gasteiger partial charge on any atom is -0.359 e. The zero-order valence-electron chi connectivity index (χ0n) is 17.3. The van der Waals surface area contributed by atoms with Gasteiger partial charge in [-0.25, -0.2) is 0 Å². The fourth-order valence-electron chi connectivity index (χ4n) is 5.65. The minimum absolute atomic E-state index is 0.280. The van der Waals surface area contributed by atoms with Crippen molar-refractivity contribution in [3.63, 3.8) is 0 Å². The van der Waals surface area contributed by atoms with Crippen LogP contribution >= 0.6 is 11.8 Å². The molecule has 1 aliphatic carbocycles. The second-order valence-electron chi connectivity index (χ2n) is 9.24. The summed E-state index contributed by atoms with van der Waals surface area (Å²) < 4.78 is 90.1. The van der Waals surface area contributed by atoms with Gasteiger partial charge in [-0.05, 0) is 34.6 Å². The molecule has 0 aromatic heterocycles. The largest absolute Gasteiger partial charge is 0.416 e. The number of alkyl halides is 6. The summed E-state index contributed by atoms with van der Waals surface area (Å²) in [6.45, 7) is 7.54. The van der Waals surface area contributed by atoms with Crippen molar-refractivity contribution < 1.29 is 35.9 Å². The van der Waals surface area contributed by atoms with Crippen molar-refractivity contribution in [3.05, 3.63) is 11.3 Å². The first-order chi connectivity index (χ1) is 13.3. The van der Waals surface area contributed by atoms with Crippen LogP contribution in [0.5, 0.6) is 0 Å². The summed E-state index contributed by atoms with van der Waals surface area (Å²) in [5.41, 5.74) is -10.2. The molecule has 2 aliphatic heterocycles. The molecule has 4 nitrogen and oxygen atoms in total. The summed E-state index contributed by atoms with van der Waals surface area (Å²) in [5, 5.41) is 9.49. The van der Waals surface area contributed by atoms with Gasteiger partial charge in [-0.15, -0.1) is 11.8 Å². The lowest BCUT2D eigenvalue weighted by molar-refractivity contribution is -0.249. The third-order valence-corrected chi connectivity index (χ3v) is 9.19. The molecule has 3 rings (SSSR count). The van der Waals surface area contributed by atoms with Gasteiger partial charge in [0.1, 0.15) is 10.6 Å². The molecule has 11 heteroatoms. The van der Waals surface area contributed by atoms with Gasteiger partial charge in [-0.1, -0.05) is 0 Å². The summed E-state index contributed by atoms with van der Waals surface area (Å²) in [6.07, 6.45) is -11.3. The minimum atomic E-state index is -5.47. The summed E-state index contributed by atoms with van der Waals surface area (Å²) in [7, 11) is 1.26. The van der Waals surface area contributed by atoms with Gasteiger partial charge in [0.15, 0.2) is 11.2 Å². The molecule has 0 aromatic carbocycles. The highest BCUT2D eigenvalue weighted by atomic mass is 32.2. The number of hydrogen-bond acceptors (Lipinski definition) is 5. The van der Waals surface area contributed by atoms with E-state index in [9.17, 15) is 36.4 Å². The van der Waals surface area contributed by atoms with Crippen LogP contribution in [0.4, 0.5) is 26.3 Å². The van der Waals surface area contributed by atoms with Gasteiger partial charge in [0, 0.05) is 25.0 Å². The van der Waals surface area contributed by atoms with Crippen LogP contribution in [0.15, 0.2) is 11.3 Å². The summed E-state index contributed by atoms with van der Waals surface area (Å²) >= 11 is 0.591. The van der Waals surface area contributed by atoms with E-state index in [-0.39, 0.29) is 5.78 Å². The Bertz CT molecular complexity index is 867. The number of methoxy groups -OCH3 is 1. The lowest BCUT2D eigenvalue weighted by atomic mass is 9.48. The fraction of sp³-hybridized carbons (Fsp3) is 0.789. The van der Waals surface area contributed by atoms with Crippen molar-refractivity contribution in [1.82, 2.24) is 4.90 Å². The number of allylic oxidation sites excluding steroid dienone is 1. The van der Waals surface area contributed by atoms with Crippen LogP contribution in [0, 0.1) is 27.6 Å². The molecule has 2 fully saturated rings. The lowest BCUT2D eigenvalue weighted by Crippen LogP contribution is -2.84. The number of Topliss-reactive ketones (excluding diaryl/α,β-unsaturated/α-hetero) is 1. The third-order valence-electron chi connectivity index (χ3n) is 6.99. The Hall–Kier alpha value is -1.41. The Morgan fingerprint density at radius 3 is 1.93 bits per heavy atom. The van der Waals surface area contributed by atoms with Crippen molar-refractivity contribution in [2.24, 2.45) is 16.2 Å². The zero-order chi connectivity index (χ0) is 23.3. The van der Waals surface area contributed by atoms with E-state index in [0.29, 0.717) is 11.8 Å². The molecule has 2 heterocycles. The Labute approximate surface area is 174 Å². The Balaban J connectivity index is 2.44. The van der Waals surface area contributed by atoms with Gasteiger partial charge in [0.2, 0.25) is 0 Å². The van der Waals surface area contributed by atoms with Gasteiger partial charge in [0.25, 0.3) is 0 Å². The Morgan fingerprint density at radius 1 is 1.07 bits per heavy atom. The number of halogens is 6. The van der Waals surface area contributed by atoms with Gasteiger partial charge < -0.3 is 9.64 Å². The number of thioether (sulfide) groups is 1. The number of carbonyl (C=O) groups excluding carboxylic acids is 1. The van der Waals surface area contributed by atoms with Crippen LogP contribution in [0.1, 0.15) is 41.0 Å². The van der Waals surface area contributed by atoms with E-state index in [2.05, 4.69) is 0 Å². The predicted octanol–water partition coefficient (Wildman–Crippen LogP) is 5.02. The maximum Gasteiger partial charge on any atom is 0.416 e. The molecule has 1 saturated carbocycles. The van der Waals surface area contributed by atoms with E-state index < -0.39 is 62.6 Å². The molecule has 0 N–H and O–H groups in total. The molecule has 2 atom stereocenters. The van der Waals surface area contributed by atoms with Crippen LogP contribution < -0.4 is 0 Å². The monoisotopic (exact) mass is 456 g/mol. The predicted molar refractivity (Wildman–Crippen MR) is 96.8 cm³/mol. The van der Waals surface area contributed by atoms with Crippen LogP contribution in [-0.2, 0) is 9.53 Å². The number of hydrogen-bond donors (Lipinski definition) is 0. The fourth-order valence-corrected chi connectivity index (χ4v) is 7.79. The number of ether oxygens (including phenoxy) is 1. The summed E-state index contributed by atoms with van der Waals surface area (Å²) in [6, 6.07) is 0.960. The number of carbonyl (C=O) groups is 1. The third kappa shape index (κ3) is 2.27. The maximum absolute atomic E-state index is 14.1. The Kier molecular flexibility index (Phi) is 4.56. The highest BCUT2D eigenvalue weighted by molar-refractivity contribution is 8.00. The second kappa shape index (κ2) is 5.88. The highest BCUT2D eigenvalue weighted by Crippen LogP contribution is 2.75. The highest BCUT2D eigenvalue weighted by Gasteiger charge is 2.82. The molecule has 1 saturated heterocycles. The second-order valence-corrected chi connectivity index (χ2v) is 10.4. The molecule has 0 bridgehead atoms. The van der Waals surface area contributed by atoms with Gasteiger partial charge in [-0.2, -0.15) is 31.6 Å². The number of nitrogens with zero attached hydrogens (tertiary/aromatic N) is 2. The first kappa shape index (κ1) is 23.3. The smallest absolute Gasteiger partial charge is 0.359 e. The van der Waals surface area contributed by atoms with E-state index in [1.807, 2.05) is 0 Å². The Morgan fingerprint density at radius 2 is 1.57 bits per heavy atom. The van der Waals surface area contributed by atoms with Crippen molar-refractivity contribution in [3.8, 4) is 6.07 Å². The molecule has 0 radical (unpaired) electrons.